The number of phenols is 1. The molecular weight excluding hydrogens is 349 g/mol. The molecule has 2 heterocycles. The first-order chi connectivity index (χ1) is 10.6. The van der Waals surface area contributed by atoms with Crippen molar-refractivity contribution in [3.8, 4) is 17.0 Å². The van der Waals surface area contributed by atoms with Crippen molar-refractivity contribution in [2.24, 2.45) is 5.92 Å². The molecule has 6 nitrogen and oxygen atoms in total. The SMILES string of the molecule is CC(C)[C@H]1CN(c2ncc(-c3ccccc3O)nn2)CCN1.Cl.Cl. The number of para-hydroxylation sites is 1. The number of anilines is 1. The van der Waals surface area contributed by atoms with E-state index in [1.807, 2.05) is 6.07 Å². The predicted molar refractivity (Wildman–Crippen MR) is 100 cm³/mol. The second-order valence-electron chi connectivity index (χ2n) is 5.91. The number of aromatic nitrogens is 3. The van der Waals surface area contributed by atoms with Crippen molar-refractivity contribution in [1.29, 1.82) is 0 Å². The Labute approximate surface area is 154 Å². The van der Waals surface area contributed by atoms with Crippen LogP contribution in [0.15, 0.2) is 30.5 Å². The van der Waals surface area contributed by atoms with Gasteiger partial charge in [-0.15, -0.1) is 35.0 Å². The zero-order chi connectivity index (χ0) is 15.5. The van der Waals surface area contributed by atoms with Gasteiger partial charge in [-0.05, 0) is 18.1 Å². The van der Waals surface area contributed by atoms with E-state index in [2.05, 4.69) is 39.2 Å². The molecule has 0 amide bonds. The highest BCUT2D eigenvalue weighted by molar-refractivity contribution is 5.85. The lowest BCUT2D eigenvalue weighted by atomic mass is 10.0. The quantitative estimate of drug-likeness (QED) is 0.863. The minimum atomic E-state index is 0. The molecule has 0 unspecified atom stereocenters. The molecule has 1 saturated heterocycles. The molecule has 2 N–H and O–H groups in total. The molecule has 0 spiro atoms. The molecule has 1 aliphatic heterocycles. The molecule has 3 rings (SSSR count). The fourth-order valence-corrected chi connectivity index (χ4v) is 2.63. The molecule has 0 radical (unpaired) electrons. The largest absolute Gasteiger partial charge is 0.507 e. The van der Waals surface area contributed by atoms with Gasteiger partial charge in [-0.3, -0.25) is 0 Å². The van der Waals surface area contributed by atoms with Gasteiger partial charge in [-0.25, -0.2) is 4.98 Å². The predicted octanol–water partition coefficient (Wildman–Crippen LogP) is 2.52. The van der Waals surface area contributed by atoms with Gasteiger partial charge in [0.05, 0.1) is 6.20 Å². The number of piperazine rings is 1. The van der Waals surface area contributed by atoms with Crippen molar-refractivity contribution in [2.75, 3.05) is 24.5 Å². The van der Waals surface area contributed by atoms with E-state index in [1.165, 1.54) is 0 Å². The number of hydrogen-bond donors (Lipinski definition) is 2. The third-order valence-corrected chi connectivity index (χ3v) is 4.02. The summed E-state index contributed by atoms with van der Waals surface area (Å²) in [6.45, 7) is 7.10. The minimum absolute atomic E-state index is 0. The van der Waals surface area contributed by atoms with Crippen molar-refractivity contribution < 1.29 is 5.11 Å². The summed E-state index contributed by atoms with van der Waals surface area (Å²) in [6.07, 6.45) is 1.67. The minimum Gasteiger partial charge on any atom is -0.507 e. The molecule has 0 bridgehead atoms. The van der Waals surface area contributed by atoms with Crippen molar-refractivity contribution in [3.05, 3.63) is 30.5 Å². The number of aromatic hydroxyl groups is 1. The van der Waals surface area contributed by atoms with E-state index in [0.29, 0.717) is 29.2 Å². The lowest BCUT2D eigenvalue weighted by molar-refractivity contribution is 0.365. The number of phenolic OH excluding ortho intramolecular Hbond substituents is 1. The van der Waals surface area contributed by atoms with Gasteiger partial charge in [0.2, 0.25) is 5.95 Å². The number of hydrogen-bond acceptors (Lipinski definition) is 6. The molecule has 8 heteroatoms. The van der Waals surface area contributed by atoms with Crippen LogP contribution >= 0.6 is 24.8 Å². The van der Waals surface area contributed by atoms with Gasteiger partial charge < -0.3 is 15.3 Å². The van der Waals surface area contributed by atoms with Crippen LogP contribution in [0.5, 0.6) is 5.75 Å². The lowest BCUT2D eigenvalue weighted by Gasteiger charge is -2.35. The van der Waals surface area contributed by atoms with Gasteiger partial charge in [0.25, 0.3) is 0 Å². The zero-order valence-corrected chi connectivity index (χ0v) is 15.3. The van der Waals surface area contributed by atoms with Crippen molar-refractivity contribution >= 4 is 30.8 Å². The Bertz CT molecular complexity index is 639. The Morgan fingerprint density at radius 1 is 1.21 bits per heavy atom. The molecule has 1 aliphatic rings. The maximum absolute atomic E-state index is 9.86. The van der Waals surface area contributed by atoms with E-state index < -0.39 is 0 Å². The molecular formula is C16H23Cl2N5O. The van der Waals surface area contributed by atoms with Crippen LogP contribution in [0.3, 0.4) is 0 Å². The number of rotatable bonds is 3. The fourth-order valence-electron chi connectivity index (χ4n) is 2.63. The molecule has 132 valence electrons. The molecule has 1 fully saturated rings. The van der Waals surface area contributed by atoms with Crippen LogP contribution in [-0.4, -0.2) is 46.0 Å². The van der Waals surface area contributed by atoms with Crippen molar-refractivity contribution in [3.63, 3.8) is 0 Å². The van der Waals surface area contributed by atoms with Crippen LogP contribution in [0.2, 0.25) is 0 Å². The van der Waals surface area contributed by atoms with Crippen molar-refractivity contribution in [2.45, 2.75) is 19.9 Å². The third-order valence-electron chi connectivity index (χ3n) is 4.02. The zero-order valence-electron chi connectivity index (χ0n) is 13.7. The van der Waals surface area contributed by atoms with E-state index in [1.54, 1.807) is 24.4 Å². The first-order valence-corrected chi connectivity index (χ1v) is 7.61. The van der Waals surface area contributed by atoms with E-state index in [9.17, 15) is 5.11 Å². The van der Waals surface area contributed by atoms with Crippen LogP contribution in [0.25, 0.3) is 11.3 Å². The van der Waals surface area contributed by atoms with E-state index in [-0.39, 0.29) is 30.6 Å². The summed E-state index contributed by atoms with van der Waals surface area (Å²) in [4.78, 5) is 6.58. The summed E-state index contributed by atoms with van der Waals surface area (Å²) in [7, 11) is 0. The Morgan fingerprint density at radius 3 is 2.58 bits per heavy atom. The van der Waals surface area contributed by atoms with Gasteiger partial charge in [-0.1, -0.05) is 26.0 Å². The standard InChI is InChI=1S/C16H21N5O.2ClH/c1-11(2)14-10-21(8-7-17-14)16-18-9-13(19-20-16)12-5-3-4-6-15(12)22;;/h3-6,9,11,14,17,22H,7-8,10H2,1-2H3;2*1H/t14-;;/m1../s1. The number of benzene rings is 1. The first kappa shape index (κ1) is 20.4. The Balaban J connectivity index is 0.00000144. The van der Waals surface area contributed by atoms with Crippen molar-refractivity contribution in [1.82, 2.24) is 20.5 Å². The van der Waals surface area contributed by atoms with Gasteiger partial charge in [0.1, 0.15) is 11.4 Å². The number of halogens is 2. The molecule has 2 aromatic rings. The molecule has 1 atom stereocenters. The fraction of sp³-hybridized carbons (Fsp3) is 0.438. The van der Waals surface area contributed by atoms with Crippen LogP contribution in [0, 0.1) is 5.92 Å². The number of nitrogens with one attached hydrogen (secondary N) is 1. The van der Waals surface area contributed by atoms with E-state index >= 15 is 0 Å². The average Bonchev–Trinajstić information content (AvgIpc) is 2.56. The molecule has 0 aliphatic carbocycles. The normalized spacial score (nSPS) is 17.1. The maximum Gasteiger partial charge on any atom is 0.245 e. The highest BCUT2D eigenvalue weighted by Crippen LogP contribution is 2.26. The Morgan fingerprint density at radius 2 is 1.96 bits per heavy atom. The summed E-state index contributed by atoms with van der Waals surface area (Å²) in [5.74, 6) is 1.40. The Kier molecular flexibility index (Phi) is 7.66. The second-order valence-corrected chi connectivity index (χ2v) is 5.91. The highest BCUT2D eigenvalue weighted by atomic mass is 35.5. The molecule has 0 saturated carbocycles. The van der Waals surface area contributed by atoms with Crippen LogP contribution in [0.4, 0.5) is 5.95 Å². The van der Waals surface area contributed by atoms with Gasteiger partial charge in [0.15, 0.2) is 0 Å². The third kappa shape index (κ3) is 4.47. The lowest BCUT2D eigenvalue weighted by Crippen LogP contribution is -2.53. The monoisotopic (exact) mass is 371 g/mol. The summed E-state index contributed by atoms with van der Waals surface area (Å²) in [5, 5.41) is 21.8. The molecule has 24 heavy (non-hydrogen) atoms. The smallest absolute Gasteiger partial charge is 0.245 e. The van der Waals surface area contributed by atoms with Crippen LogP contribution in [-0.2, 0) is 0 Å². The van der Waals surface area contributed by atoms with Gasteiger partial charge in [-0.2, -0.15) is 0 Å². The Hall–Kier alpha value is -1.63. The summed E-state index contributed by atoms with van der Waals surface area (Å²) >= 11 is 0. The summed E-state index contributed by atoms with van der Waals surface area (Å²) < 4.78 is 0. The average molecular weight is 372 g/mol. The highest BCUT2D eigenvalue weighted by Gasteiger charge is 2.23. The van der Waals surface area contributed by atoms with Gasteiger partial charge >= 0.3 is 0 Å². The van der Waals surface area contributed by atoms with E-state index in [4.69, 9.17) is 0 Å². The van der Waals surface area contributed by atoms with Gasteiger partial charge in [0, 0.05) is 31.2 Å². The topological polar surface area (TPSA) is 74.2 Å². The maximum atomic E-state index is 9.86. The molecule has 1 aromatic heterocycles. The van der Waals surface area contributed by atoms with Crippen LogP contribution < -0.4 is 10.2 Å². The molecule has 1 aromatic carbocycles. The summed E-state index contributed by atoms with van der Waals surface area (Å²) in [5.41, 5.74) is 1.23. The van der Waals surface area contributed by atoms with E-state index in [0.717, 1.165) is 19.6 Å². The van der Waals surface area contributed by atoms with Crippen LogP contribution in [0.1, 0.15) is 13.8 Å². The second kappa shape index (κ2) is 9.01. The number of nitrogens with zero attached hydrogens (tertiary/aromatic N) is 4. The summed E-state index contributed by atoms with van der Waals surface area (Å²) in [6, 6.07) is 7.51. The first-order valence-electron chi connectivity index (χ1n) is 7.61.